The Hall–Kier alpha value is -1.26. The zero-order valence-corrected chi connectivity index (χ0v) is 11.1. The van der Waals surface area contributed by atoms with Gasteiger partial charge in [-0.1, -0.05) is 27.7 Å². The normalized spacial score (nSPS) is 12.6. The van der Waals surface area contributed by atoms with Crippen LogP contribution in [0.2, 0.25) is 0 Å². The molecule has 0 aliphatic heterocycles. The summed E-state index contributed by atoms with van der Waals surface area (Å²) in [6, 6.07) is -1.22. The van der Waals surface area contributed by atoms with Crippen molar-refractivity contribution in [3.8, 4) is 0 Å². The first-order valence-corrected chi connectivity index (χ1v) is 6.10. The van der Waals surface area contributed by atoms with Gasteiger partial charge in [-0.25, -0.2) is 9.59 Å². The maximum absolute atomic E-state index is 11.4. The molecule has 2 amide bonds. The van der Waals surface area contributed by atoms with Gasteiger partial charge in [-0.05, 0) is 24.7 Å². The van der Waals surface area contributed by atoms with Gasteiger partial charge in [-0.15, -0.1) is 0 Å². The third-order valence-electron chi connectivity index (χ3n) is 2.32. The average molecular weight is 244 g/mol. The monoisotopic (exact) mass is 244 g/mol. The number of urea groups is 1. The number of hydrogen-bond acceptors (Lipinski definition) is 2. The average Bonchev–Trinajstić information content (AvgIpc) is 2.15. The van der Waals surface area contributed by atoms with Crippen molar-refractivity contribution >= 4 is 12.0 Å². The van der Waals surface area contributed by atoms with E-state index < -0.39 is 18.0 Å². The Morgan fingerprint density at radius 1 is 1.12 bits per heavy atom. The van der Waals surface area contributed by atoms with E-state index in [1.165, 1.54) is 0 Å². The lowest BCUT2D eigenvalue weighted by Gasteiger charge is -2.17. The van der Waals surface area contributed by atoms with Crippen molar-refractivity contribution < 1.29 is 14.7 Å². The fourth-order valence-corrected chi connectivity index (χ4v) is 1.38. The van der Waals surface area contributed by atoms with E-state index in [1.807, 2.05) is 13.8 Å². The molecule has 0 fully saturated rings. The first-order chi connectivity index (χ1) is 7.82. The van der Waals surface area contributed by atoms with Crippen LogP contribution in [0.15, 0.2) is 0 Å². The van der Waals surface area contributed by atoms with E-state index in [0.717, 1.165) is 6.42 Å². The number of amides is 2. The summed E-state index contributed by atoms with van der Waals surface area (Å²) in [5.41, 5.74) is 0. The van der Waals surface area contributed by atoms with Crippen LogP contribution in [0.3, 0.4) is 0 Å². The maximum Gasteiger partial charge on any atom is 0.326 e. The molecule has 0 radical (unpaired) electrons. The van der Waals surface area contributed by atoms with Crippen LogP contribution in [0.25, 0.3) is 0 Å². The Labute approximate surface area is 103 Å². The van der Waals surface area contributed by atoms with Gasteiger partial charge in [0.25, 0.3) is 0 Å². The van der Waals surface area contributed by atoms with E-state index in [9.17, 15) is 9.59 Å². The molecule has 0 saturated heterocycles. The molecule has 100 valence electrons. The van der Waals surface area contributed by atoms with Crippen molar-refractivity contribution in [2.24, 2.45) is 11.8 Å². The number of carboxylic acids is 1. The quantitative estimate of drug-likeness (QED) is 0.639. The highest BCUT2D eigenvalue weighted by Crippen LogP contribution is 2.04. The minimum absolute atomic E-state index is 0.229. The molecule has 0 heterocycles. The molecule has 0 aromatic rings. The van der Waals surface area contributed by atoms with Crippen LogP contribution in [0.5, 0.6) is 0 Å². The van der Waals surface area contributed by atoms with Gasteiger partial charge in [0.15, 0.2) is 0 Å². The summed E-state index contributed by atoms with van der Waals surface area (Å²) in [5, 5.41) is 14.1. The van der Waals surface area contributed by atoms with E-state index in [1.54, 1.807) is 0 Å². The highest BCUT2D eigenvalue weighted by Gasteiger charge is 2.20. The van der Waals surface area contributed by atoms with Crippen molar-refractivity contribution in [2.45, 2.75) is 46.6 Å². The number of nitrogens with one attached hydrogen (secondary N) is 2. The zero-order chi connectivity index (χ0) is 13.4. The molecule has 1 unspecified atom stereocenters. The fourth-order valence-electron chi connectivity index (χ4n) is 1.38. The molecule has 1 atom stereocenters. The molecule has 0 bridgehead atoms. The van der Waals surface area contributed by atoms with Crippen molar-refractivity contribution in [1.82, 2.24) is 10.6 Å². The molecule has 0 spiro atoms. The number of hydrogen-bond donors (Lipinski definition) is 3. The molecule has 5 nitrogen and oxygen atoms in total. The van der Waals surface area contributed by atoms with Gasteiger partial charge in [-0.3, -0.25) is 0 Å². The van der Waals surface area contributed by atoms with Crippen molar-refractivity contribution in [2.75, 3.05) is 6.54 Å². The van der Waals surface area contributed by atoms with Crippen molar-refractivity contribution in [3.05, 3.63) is 0 Å². The van der Waals surface area contributed by atoms with Crippen molar-refractivity contribution in [3.63, 3.8) is 0 Å². The van der Waals surface area contributed by atoms with Crippen LogP contribution in [-0.4, -0.2) is 29.7 Å². The highest BCUT2D eigenvalue weighted by molar-refractivity contribution is 5.82. The molecule has 17 heavy (non-hydrogen) atoms. The first kappa shape index (κ1) is 15.7. The Kier molecular flexibility index (Phi) is 7.34. The van der Waals surface area contributed by atoms with E-state index in [-0.39, 0.29) is 5.92 Å². The molecule has 0 saturated carbocycles. The minimum Gasteiger partial charge on any atom is -0.480 e. The Morgan fingerprint density at radius 3 is 2.12 bits per heavy atom. The van der Waals surface area contributed by atoms with Crippen molar-refractivity contribution in [1.29, 1.82) is 0 Å². The maximum atomic E-state index is 11.4. The summed E-state index contributed by atoms with van der Waals surface area (Å²) < 4.78 is 0. The van der Waals surface area contributed by atoms with Gasteiger partial charge in [0.2, 0.25) is 0 Å². The number of carbonyl (C=O) groups excluding carboxylic acids is 1. The van der Waals surface area contributed by atoms with Crippen LogP contribution in [0, 0.1) is 11.8 Å². The molecule has 0 aromatic heterocycles. The second-order valence-electron chi connectivity index (χ2n) is 5.10. The lowest BCUT2D eigenvalue weighted by molar-refractivity contribution is -0.139. The van der Waals surface area contributed by atoms with E-state index >= 15 is 0 Å². The standard InChI is InChI=1S/C12H24N2O3/c1-8(2)5-6-13-12(17)14-10(11(15)16)7-9(3)4/h8-10H,5-7H2,1-4H3,(H,15,16)(H2,13,14,17). The summed E-state index contributed by atoms with van der Waals surface area (Å²) in [7, 11) is 0. The van der Waals surface area contributed by atoms with E-state index in [0.29, 0.717) is 18.9 Å². The van der Waals surface area contributed by atoms with Crippen LogP contribution >= 0.6 is 0 Å². The number of aliphatic carboxylic acids is 1. The Balaban J connectivity index is 4.00. The number of rotatable bonds is 7. The SMILES string of the molecule is CC(C)CCNC(=O)NC(CC(C)C)C(=O)O. The van der Waals surface area contributed by atoms with Gasteiger partial charge in [0, 0.05) is 6.54 Å². The number of carbonyl (C=O) groups is 2. The lowest BCUT2D eigenvalue weighted by atomic mass is 10.0. The lowest BCUT2D eigenvalue weighted by Crippen LogP contribution is -2.46. The largest absolute Gasteiger partial charge is 0.480 e. The summed E-state index contributed by atoms with van der Waals surface area (Å²) in [6.07, 6.45) is 1.32. The van der Waals surface area contributed by atoms with Gasteiger partial charge >= 0.3 is 12.0 Å². The molecular weight excluding hydrogens is 220 g/mol. The van der Waals surface area contributed by atoms with Crippen LogP contribution in [0.4, 0.5) is 4.79 Å². The molecule has 0 aliphatic rings. The van der Waals surface area contributed by atoms with E-state index in [4.69, 9.17) is 5.11 Å². The molecule has 5 heteroatoms. The predicted molar refractivity (Wildman–Crippen MR) is 66.9 cm³/mol. The predicted octanol–water partition coefficient (Wildman–Crippen LogP) is 1.83. The molecule has 3 N–H and O–H groups in total. The molecule has 0 rings (SSSR count). The Bertz CT molecular complexity index is 252. The summed E-state index contributed by atoms with van der Waals surface area (Å²) in [6.45, 7) is 8.55. The number of carboxylic acid groups (broad SMARTS) is 1. The van der Waals surface area contributed by atoms with Gasteiger partial charge in [0.05, 0.1) is 0 Å². The van der Waals surface area contributed by atoms with E-state index in [2.05, 4.69) is 24.5 Å². The second-order valence-corrected chi connectivity index (χ2v) is 5.10. The topological polar surface area (TPSA) is 78.4 Å². The summed E-state index contributed by atoms with van der Waals surface area (Å²) in [5.74, 6) is -0.244. The summed E-state index contributed by atoms with van der Waals surface area (Å²) in [4.78, 5) is 22.3. The first-order valence-electron chi connectivity index (χ1n) is 6.10. The van der Waals surface area contributed by atoms with Gasteiger partial charge < -0.3 is 15.7 Å². The highest BCUT2D eigenvalue weighted by atomic mass is 16.4. The fraction of sp³-hybridized carbons (Fsp3) is 0.833. The molecular formula is C12H24N2O3. The third kappa shape index (κ3) is 8.54. The third-order valence-corrected chi connectivity index (χ3v) is 2.32. The zero-order valence-electron chi connectivity index (χ0n) is 11.1. The summed E-state index contributed by atoms with van der Waals surface area (Å²) >= 11 is 0. The van der Waals surface area contributed by atoms with Gasteiger partial charge in [0.1, 0.15) is 6.04 Å². The smallest absolute Gasteiger partial charge is 0.326 e. The van der Waals surface area contributed by atoms with Gasteiger partial charge in [-0.2, -0.15) is 0 Å². The second kappa shape index (κ2) is 7.92. The Morgan fingerprint density at radius 2 is 1.71 bits per heavy atom. The molecule has 0 aliphatic carbocycles. The minimum atomic E-state index is -0.988. The molecule has 0 aromatic carbocycles. The van der Waals surface area contributed by atoms with Crippen LogP contribution in [-0.2, 0) is 4.79 Å². The van der Waals surface area contributed by atoms with Crippen LogP contribution in [0.1, 0.15) is 40.5 Å². The van der Waals surface area contributed by atoms with Crippen LogP contribution < -0.4 is 10.6 Å².